The second-order valence-corrected chi connectivity index (χ2v) is 7.88. The molecule has 2 rings (SSSR count). The van der Waals surface area contributed by atoms with Gasteiger partial charge in [-0.3, -0.25) is 4.79 Å². The van der Waals surface area contributed by atoms with Gasteiger partial charge in [0.25, 0.3) is 0 Å². The van der Waals surface area contributed by atoms with E-state index in [1.54, 1.807) is 6.07 Å². The van der Waals surface area contributed by atoms with Crippen molar-refractivity contribution in [3.63, 3.8) is 0 Å². The van der Waals surface area contributed by atoms with E-state index in [1.807, 2.05) is 0 Å². The van der Waals surface area contributed by atoms with Gasteiger partial charge in [-0.05, 0) is 40.8 Å². The van der Waals surface area contributed by atoms with Gasteiger partial charge in [-0.2, -0.15) is 0 Å². The first-order valence-corrected chi connectivity index (χ1v) is 8.28. The summed E-state index contributed by atoms with van der Waals surface area (Å²) in [7, 11) is 0. The van der Waals surface area contributed by atoms with Crippen molar-refractivity contribution < 1.29 is 15.0 Å². The molecule has 1 saturated carbocycles. The van der Waals surface area contributed by atoms with E-state index in [9.17, 15) is 15.0 Å². The smallest absolute Gasteiger partial charge is 0.306 e. The standard InChI is InChI=1S/C13H16BrClO3S/c1-2-6-3-7(8(4-6)13(17)18)11(16)10-5-9(15)12(14)19-10/h5-8,11,16H,2-4H2,1H3,(H,17,18). The maximum absolute atomic E-state index is 11.3. The number of carboxylic acids is 1. The normalized spacial score (nSPS) is 28.5. The second kappa shape index (κ2) is 6.12. The first-order valence-electron chi connectivity index (χ1n) is 6.29. The van der Waals surface area contributed by atoms with Gasteiger partial charge in [0.2, 0.25) is 0 Å². The molecule has 0 saturated heterocycles. The highest BCUT2D eigenvalue weighted by Crippen LogP contribution is 2.47. The summed E-state index contributed by atoms with van der Waals surface area (Å²) in [5, 5.41) is 20.3. The predicted octanol–water partition coefficient (Wildman–Crippen LogP) is 4.33. The molecule has 0 aliphatic heterocycles. The van der Waals surface area contributed by atoms with Crippen LogP contribution in [0.5, 0.6) is 0 Å². The lowest BCUT2D eigenvalue weighted by Crippen LogP contribution is -2.23. The number of aliphatic hydroxyl groups is 1. The molecule has 4 unspecified atom stereocenters. The Labute approximate surface area is 129 Å². The lowest BCUT2D eigenvalue weighted by molar-refractivity contribution is -0.144. The number of carboxylic acid groups (broad SMARTS) is 1. The molecule has 0 aromatic carbocycles. The van der Waals surface area contributed by atoms with E-state index in [0.29, 0.717) is 17.4 Å². The molecule has 1 aliphatic rings. The first kappa shape index (κ1) is 15.3. The number of rotatable bonds is 4. The van der Waals surface area contributed by atoms with Crippen LogP contribution in [0.4, 0.5) is 0 Å². The molecular weight excluding hydrogens is 352 g/mol. The second-order valence-electron chi connectivity index (χ2n) is 5.07. The summed E-state index contributed by atoms with van der Waals surface area (Å²) < 4.78 is 0.778. The molecule has 1 heterocycles. The van der Waals surface area contributed by atoms with Gasteiger partial charge in [0.15, 0.2) is 0 Å². The van der Waals surface area contributed by atoms with Crippen LogP contribution in [0, 0.1) is 17.8 Å². The summed E-state index contributed by atoms with van der Waals surface area (Å²) in [5.74, 6) is -1.09. The minimum atomic E-state index is -0.804. The summed E-state index contributed by atoms with van der Waals surface area (Å²) in [5.41, 5.74) is 0. The minimum Gasteiger partial charge on any atom is -0.481 e. The van der Waals surface area contributed by atoms with Gasteiger partial charge >= 0.3 is 5.97 Å². The molecule has 3 nitrogen and oxygen atoms in total. The van der Waals surface area contributed by atoms with Crippen molar-refractivity contribution in [3.8, 4) is 0 Å². The van der Waals surface area contributed by atoms with Gasteiger partial charge in [-0.1, -0.05) is 24.9 Å². The SMILES string of the molecule is CCC1CC(C(=O)O)C(C(O)c2cc(Cl)c(Br)s2)C1. The van der Waals surface area contributed by atoms with Crippen LogP contribution < -0.4 is 0 Å². The van der Waals surface area contributed by atoms with E-state index >= 15 is 0 Å². The van der Waals surface area contributed by atoms with E-state index in [2.05, 4.69) is 22.9 Å². The van der Waals surface area contributed by atoms with Gasteiger partial charge in [-0.15, -0.1) is 11.3 Å². The Kier molecular flexibility index (Phi) is 4.93. The van der Waals surface area contributed by atoms with Crippen LogP contribution in [0.1, 0.15) is 37.2 Å². The summed E-state index contributed by atoms with van der Waals surface area (Å²) in [4.78, 5) is 12.1. The number of hydrogen-bond acceptors (Lipinski definition) is 3. The molecule has 1 aromatic heterocycles. The van der Waals surface area contributed by atoms with Gasteiger partial charge in [0.1, 0.15) is 0 Å². The fourth-order valence-corrected chi connectivity index (χ4v) is 4.67. The van der Waals surface area contributed by atoms with Crippen molar-refractivity contribution in [3.05, 3.63) is 19.8 Å². The topological polar surface area (TPSA) is 57.5 Å². The van der Waals surface area contributed by atoms with Crippen molar-refractivity contribution in [1.82, 2.24) is 0 Å². The maximum Gasteiger partial charge on any atom is 0.306 e. The Hall–Kier alpha value is -0.100. The number of aliphatic hydroxyl groups excluding tert-OH is 1. The third-order valence-corrected chi connectivity index (χ3v) is 6.51. The van der Waals surface area contributed by atoms with Gasteiger partial charge in [0.05, 0.1) is 20.8 Å². The van der Waals surface area contributed by atoms with Crippen LogP contribution in [0.25, 0.3) is 0 Å². The number of thiophene rings is 1. The van der Waals surface area contributed by atoms with Crippen LogP contribution >= 0.6 is 38.9 Å². The summed E-state index contributed by atoms with van der Waals surface area (Å²) >= 11 is 10.7. The van der Waals surface area contributed by atoms with Crippen molar-refractivity contribution in [2.75, 3.05) is 0 Å². The number of carbonyl (C=O) groups is 1. The molecule has 6 heteroatoms. The Morgan fingerprint density at radius 2 is 2.32 bits per heavy atom. The molecule has 19 heavy (non-hydrogen) atoms. The fourth-order valence-electron chi connectivity index (χ4n) is 2.87. The number of aliphatic carboxylic acids is 1. The zero-order chi connectivity index (χ0) is 14.2. The van der Waals surface area contributed by atoms with Gasteiger partial charge in [-0.25, -0.2) is 0 Å². The Morgan fingerprint density at radius 3 is 2.79 bits per heavy atom. The molecule has 1 aliphatic carbocycles. The van der Waals surface area contributed by atoms with Gasteiger partial charge < -0.3 is 10.2 Å². The van der Waals surface area contributed by atoms with E-state index in [0.717, 1.165) is 21.5 Å². The highest BCUT2D eigenvalue weighted by molar-refractivity contribution is 9.11. The van der Waals surface area contributed by atoms with E-state index < -0.39 is 18.0 Å². The lowest BCUT2D eigenvalue weighted by atomic mass is 9.90. The van der Waals surface area contributed by atoms with E-state index in [-0.39, 0.29) is 5.92 Å². The summed E-state index contributed by atoms with van der Waals surface area (Å²) in [6.45, 7) is 2.07. The number of hydrogen-bond donors (Lipinski definition) is 2. The molecule has 0 bridgehead atoms. The average Bonchev–Trinajstić information content (AvgIpc) is 2.93. The van der Waals surface area contributed by atoms with Crippen LogP contribution in [0.2, 0.25) is 5.02 Å². The third kappa shape index (κ3) is 3.15. The maximum atomic E-state index is 11.3. The number of halogens is 2. The monoisotopic (exact) mass is 366 g/mol. The van der Waals surface area contributed by atoms with Crippen molar-refractivity contribution >= 4 is 44.8 Å². The molecular formula is C13H16BrClO3S. The fraction of sp³-hybridized carbons (Fsp3) is 0.615. The minimum absolute atomic E-state index is 0.218. The summed E-state index contributed by atoms with van der Waals surface area (Å²) in [6.07, 6.45) is 1.64. The van der Waals surface area contributed by atoms with Crippen LogP contribution in [0.3, 0.4) is 0 Å². The Morgan fingerprint density at radius 1 is 1.63 bits per heavy atom. The Balaban J connectivity index is 2.21. The van der Waals surface area contributed by atoms with Crippen LogP contribution in [-0.2, 0) is 4.79 Å². The molecule has 106 valence electrons. The van der Waals surface area contributed by atoms with E-state index in [4.69, 9.17) is 11.6 Å². The molecule has 1 aromatic rings. The van der Waals surface area contributed by atoms with E-state index in [1.165, 1.54) is 11.3 Å². The largest absolute Gasteiger partial charge is 0.481 e. The van der Waals surface area contributed by atoms with Crippen molar-refractivity contribution in [2.24, 2.45) is 17.8 Å². The van der Waals surface area contributed by atoms with Crippen LogP contribution in [0.15, 0.2) is 9.85 Å². The predicted molar refractivity (Wildman–Crippen MR) is 79.6 cm³/mol. The molecule has 0 amide bonds. The quantitative estimate of drug-likeness (QED) is 0.832. The molecule has 1 fully saturated rings. The zero-order valence-electron chi connectivity index (χ0n) is 10.5. The zero-order valence-corrected chi connectivity index (χ0v) is 13.6. The Bertz CT molecular complexity index is 457. The third-order valence-electron chi connectivity index (χ3n) is 3.97. The average molecular weight is 368 g/mol. The molecule has 0 radical (unpaired) electrons. The first-order chi connectivity index (χ1) is 8.93. The summed E-state index contributed by atoms with van der Waals surface area (Å²) in [6, 6.07) is 1.72. The van der Waals surface area contributed by atoms with Crippen molar-refractivity contribution in [2.45, 2.75) is 32.3 Å². The molecule has 2 N–H and O–H groups in total. The highest BCUT2D eigenvalue weighted by Gasteiger charge is 2.42. The van der Waals surface area contributed by atoms with Crippen molar-refractivity contribution in [1.29, 1.82) is 0 Å². The van der Waals surface area contributed by atoms with Crippen LogP contribution in [-0.4, -0.2) is 16.2 Å². The highest BCUT2D eigenvalue weighted by atomic mass is 79.9. The molecule has 0 spiro atoms. The lowest BCUT2D eigenvalue weighted by Gasteiger charge is -2.21. The molecule has 4 atom stereocenters. The van der Waals surface area contributed by atoms with Gasteiger partial charge in [0, 0.05) is 10.8 Å².